The molecule has 0 aromatic rings. The summed E-state index contributed by atoms with van der Waals surface area (Å²) in [6, 6.07) is 0. The molecule has 0 saturated heterocycles. The third-order valence-electron chi connectivity index (χ3n) is 3.85. The lowest BCUT2D eigenvalue weighted by atomic mass is 9.79. The molecule has 1 aliphatic rings. The average Bonchev–Trinajstić information content (AvgIpc) is 2.24. The fourth-order valence-electron chi connectivity index (χ4n) is 2.24. The Bertz CT molecular complexity index is 331. The summed E-state index contributed by atoms with van der Waals surface area (Å²) in [7, 11) is 0. The number of hydrogen-bond donors (Lipinski definition) is 1. The first-order valence-corrected chi connectivity index (χ1v) is 6.06. The van der Waals surface area contributed by atoms with Gasteiger partial charge in [0.25, 0.3) is 0 Å². The minimum absolute atomic E-state index is 0.514. The predicted molar refractivity (Wildman–Crippen MR) is 70.3 cm³/mol. The van der Waals surface area contributed by atoms with Crippen molar-refractivity contribution in [2.24, 2.45) is 5.92 Å². The van der Waals surface area contributed by atoms with E-state index in [2.05, 4.69) is 33.4 Å². The Morgan fingerprint density at radius 1 is 1.50 bits per heavy atom. The van der Waals surface area contributed by atoms with Gasteiger partial charge in [0.05, 0.1) is 5.60 Å². The van der Waals surface area contributed by atoms with Crippen LogP contribution in [0.25, 0.3) is 0 Å². The Hall–Kier alpha value is -0.820. The molecular formula is C15H24O. The highest BCUT2D eigenvalue weighted by Crippen LogP contribution is 2.34. The second-order valence-corrected chi connectivity index (χ2v) is 5.27. The van der Waals surface area contributed by atoms with E-state index in [-0.39, 0.29) is 0 Å². The van der Waals surface area contributed by atoms with E-state index in [0.29, 0.717) is 5.92 Å². The molecule has 0 saturated carbocycles. The number of allylic oxidation sites excluding steroid dienone is 4. The monoisotopic (exact) mass is 220 g/mol. The molecule has 2 atom stereocenters. The molecule has 1 aliphatic carbocycles. The van der Waals surface area contributed by atoms with Gasteiger partial charge in [0.1, 0.15) is 0 Å². The van der Waals surface area contributed by atoms with Gasteiger partial charge in [-0.2, -0.15) is 0 Å². The lowest BCUT2D eigenvalue weighted by Gasteiger charge is -2.28. The van der Waals surface area contributed by atoms with Crippen LogP contribution in [0.15, 0.2) is 35.5 Å². The molecule has 16 heavy (non-hydrogen) atoms. The number of hydrogen-bond acceptors (Lipinski definition) is 1. The van der Waals surface area contributed by atoms with Gasteiger partial charge in [-0.05, 0) is 47.0 Å². The molecule has 1 N–H and O–H groups in total. The Balaban J connectivity index is 2.69. The van der Waals surface area contributed by atoms with E-state index in [0.717, 1.165) is 19.3 Å². The smallest absolute Gasteiger partial charge is 0.0797 e. The minimum atomic E-state index is -0.730. The molecule has 0 bridgehead atoms. The summed E-state index contributed by atoms with van der Waals surface area (Å²) in [5.41, 5.74) is 3.68. The minimum Gasteiger partial charge on any atom is -0.386 e. The summed E-state index contributed by atoms with van der Waals surface area (Å²) in [6.45, 7) is 12.1. The molecule has 2 unspecified atom stereocenters. The topological polar surface area (TPSA) is 20.2 Å². The summed E-state index contributed by atoms with van der Waals surface area (Å²) in [5.74, 6) is 0.514. The van der Waals surface area contributed by atoms with E-state index in [4.69, 9.17) is 0 Å². The molecule has 0 aliphatic heterocycles. The van der Waals surface area contributed by atoms with Gasteiger partial charge < -0.3 is 5.11 Å². The van der Waals surface area contributed by atoms with Gasteiger partial charge >= 0.3 is 0 Å². The van der Waals surface area contributed by atoms with Gasteiger partial charge in [-0.3, -0.25) is 0 Å². The highest BCUT2D eigenvalue weighted by molar-refractivity contribution is 5.29. The molecule has 0 aromatic heterocycles. The first kappa shape index (κ1) is 13.2. The molecule has 0 amide bonds. The van der Waals surface area contributed by atoms with Crippen molar-refractivity contribution in [3.63, 3.8) is 0 Å². The molecule has 0 aromatic carbocycles. The fourth-order valence-corrected chi connectivity index (χ4v) is 2.24. The van der Waals surface area contributed by atoms with Crippen LogP contribution in [0.3, 0.4) is 0 Å². The largest absolute Gasteiger partial charge is 0.386 e. The molecule has 0 fully saturated rings. The van der Waals surface area contributed by atoms with Crippen molar-refractivity contribution in [3.8, 4) is 0 Å². The first-order chi connectivity index (χ1) is 7.37. The average molecular weight is 220 g/mol. The standard InChI is InChI=1S/C15H24O/c1-6-15(5,16)10-9-14-12(3)8-7-11(2)13(14)4/h6,8,14,16H,1,7,9-10H2,2-5H3. The SMILES string of the molecule is C=CC(C)(O)CCC1C(C)=CCC(C)=C1C. The second-order valence-electron chi connectivity index (χ2n) is 5.27. The van der Waals surface area contributed by atoms with Crippen LogP contribution in [-0.2, 0) is 0 Å². The summed E-state index contributed by atoms with van der Waals surface area (Å²) in [6.07, 6.45) is 6.82. The lowest BCUT2D eigenvalue weighted by molar-refractivity contribution is 0.0968. The van der Waals surface area contributed by atoms with E-state index >= 15 is 0 Å². The van der Waals surface area contributed by atoms with Crippen LogP contribution >= 0.6 is 0 Å². The Morgan fingerprint density at radius 3 is 2.69 bits per heavy atom. The van der Waals surface area contributed by atoms with Gasteiger partial charge in [-0.25, -0.2) is 0 Å². The summed E-state index contributed by atoms with van der Waals surface area (Å²) in [4.78, 5) is 0. The van der Waals surface area contributed by atoms with Crippen molar-refractivity contribution >= 4 is 0 Å². The van der Waals surface area contributed by atoms with Crippen molar-refractivity contribution in [3.05, 3.63) is 35.5 Å². The van der Waals surface area contributed by atoms with Crippen LogP contribution in [0.2, 0.25) is 0 Å². The number of aliphatic hydroxyl groups is 1. The van der Waals surface area contributed by atoms with Gasteiger partial charge in [0.15, 0.2) is 0 Å². The summed E-state index contributed by atoms with van der Waals surface area (Å²) < 4.78 is 0. The molecule has 1 heteroatoms. The van der Waals surface area contributed by atoms with Crippen molar-refractivity contribution in [2.75, 3.05) is 0 Å². The Labute approximate surface area is 99.6 Å². The van der Waals surface area contributed by atoms with Gasteiger partial charge in [0, 0.05) is 5.92 Å². The van der Waals surface area contributed by atoms with Crippen molar-refractivity contribution in [2.45, 2.75) is 52.6 Å². The van der Waals surface area contributed by atoms with E-state index in [1.165, 1.54) is 16.7 Å². The van der Waals surface area contributed by atoms with Crippen LogP contribution in [0.4, 0.5) is 0 Å². The maximum atomic E-state index is 9.94. The Kier molecular flexibility index (Phi) is 4.15. The molecule has 0 radical (unpaired) electrons. The lowest BCUT2D eigenvalue weighted by Crippen LogP contribution is -2.22. The van der Waals surface area contributed by atoms with Crippen LogP contribution in [0.5, 0.6) is 0 Å². The molecule has 0 spiro atoms. The molecular weight excluding hydrogens is 196 g/mol. The first-order valence-electron chi connectivity index (χ1n) is 6.06. The van der Waals surface area contributed by atoms with E-state index < -0.39 is 5.60 Å². The van der Waals surface area contributed by atoms with Crippen molar-refractivity contribution < 1.29 is 5.11 Å². The quantitative estimate of drug-likeness (QED) is 0.710. The van der Waals surface area contributed by atoms with Crippen LogP contribution in [0, 0.1) is 5.92 Å². The van der Waals surface area contributed by atoms with Gasteiger partial charge in [-0.15, -0.1) is 6.58 Å². The third kappa shape index (κ3) is 3.08. The second kappa shape index (κ2) is 5.01. The normalized spacial score (nSPS) is 25.1. The van der Waals surface area contributed by atoms with Crippen LogP contribution in [0.1, 0.15) is 47.0 Å². The zero-order chi connectivity index (χ0) is 12.3. The maximum absolute atomic E-state index is 9.94. The van der Waals surface area contributed by atoms with Crippen LogP contribution < -0.4 is 0 Å². The predicted octanol–water partition coefficient (Wildman–Crippen LogP) is 4.01. The summed E-state index contributed by atoms with van der Waals surface area (Å²) >= 11 is 0. The Morgan fingerprint density at radius 2 is 2.12 bits per heavy atom. The third-order valence-corrected chi connectivity index (χ3v) is 3.85. The van der Waals surface area contributed by atoms with Crippen molar-refractivity contribution in [1.29, 1.82) is 0 Å². The molecule has 90 valence electrons. The fraction of sp³-hybridized carbons (Fsp3) is 0.600. The van der Waals surface area contributed by atoms with Gasteiger partial charge in [-0.1, -0.05) is 28.9 Å². The van der Waals surface area contributed by atoms with Gasteiger partial charge in [0.2, 0.25) is 0 Å². The van der Waals surface area contributed by atoms with Crippen molar-refractivity contribution in [1.82, 2.24) is 0 Å². The highest BCUT2D eigenvalue weighted by atomic mass is 16.3. The number of rotatable bonds is 4. The summed E-state index contributed by atoms with van der Waals surface area (Å²) in [5, 5.41) is 9.94. The van der Waals surface area contributed by atoms with Crippen LogP contribution in [-0.4, -0.2) is 10.7 Å². The zero-order valence-electron chi connectivity index (χ0n) is 11.0. The van der Waals surface area contributed by atoms with E-state index in [9.17, 15) is 5.11 Å². The van der Waals surface area contributed by atoms with E-state index in [1.807, 2.05) is 6.92 Å². The highest BCUT2D eigenvalue weighted by Gasteiger charge is 2.22. The maximum Gasteiger partial charge on any atom is 0.0797 e. The molecule has 1 nitrogen and oxygen atoms in total. The molecule has 0 heterocycles. The van der Waals surface area contributed by atoms with E-state index in [1.54, 1.807) is 6.08 Å². The zero-order valence-corrected chi connectivity index (χ0v) is 11.0. The molecule has 1 rings (SSSR count).